The van der Waals surface area contributed by atoms with Gasteiger partial charge in [-0.25, -0.2) is 0 Å². The second-order valence-electron chi connectivity index (χ2n) is 11.0. The van der Waals surface area contributed by atoms with Crippen molar-refractivity contribution in [2.24, 2.45) is 0 Å². The van der Waals surface area contributed by atoms with Gasteiger partial charge in [0.25, 0.3) is 0 Å². The Morgan fingerprint density at radius 3 is 2.26 bits per heavy atom. The Bertz CT molecular complexity index is 1650. The molecule has 0 bridgehead atoms. The Kier molecular flexibility index (Phi) is 4.37. The summed E-state index contributed by atoms with van der Waals surface area (Å²) in [5.41, 5.74) is 13.7. The third-order valence-corrected chi connectivity index (χ3v) is 8.73. The van der Waals surface area contributed by atoms with Crippen molar-refractivity contribution in [2.75, 3.05) is 0 Å². The van der Waals surface area contributed by atoms with Crippen LogP contribution >= 0.6 is 0 Å². The lowest BCUT2D eigenvalue weighted by atomic mass is 9.77. The zero-order valence-electron chi connectivity index (χ0n) is 21.0. The van der Waals surface area contributed by atoms with Crippen LogP contribution in [0.2, 0.25) is 0 Å². The first-order valence-corrected chi connectivity index (χ1v) is 13.1. The zero-order valence-corrected chi connectivity index (χ0v) is 21.0. The Morgan fingerprint density at radius 1 is 0.800 bits per heavy atom. The molecule has 0 amide bonds. The molecule has 7 rings (SSSR count). The molecule has 1 saturated carbocycles. The molecule has 2 aliphatic rings. The van der Waals surface area contributed by atoms with E-state index in [1.54, 1.807) is 0 Å². The van der Waals surface area contributed by atoms with Gasteiger partial charge >= 0.3 is 0 Å². The maximum Gasteiger partial charge on any atom is 0.145 e. The summed E-state index contributed by atoms with van der Waals surface area (Å²) in [6, 6.07) is 20.4. The van der Waals surface area contributed by atoms with Crippen LogP contribution in [0.15, 0.2) is 65.2 Å². The molecule has 1 spiro atoms. The summed E-state index contributed by atoms with van der Waals surface area (Å²) in [5, 5.41) is 2.39. The number of benzene rings is 3. The van der Waals surface area contributed by atoms with Crippen LogP contribution in [0.1, 0.15) is 73.3 Å². The summed E-state index contributed by atoms with van der Waals surface area (Å²) >= 11 is 0. The summed E-state index contributed by atoms with van der Waals surface area (Å²) < 4.78 is 6.90. The van der Waals surface area contributed by atoms with Gasteiger partial charge in [0.2, 0.25) is 0 Å². The summed E-state index contributed by atoms with van der Waals surface area (Å²) in [6.07, 6.45) is 7.12. The summed E-state index contributed by atoms with van der Waals surface area (Å²) in [4.78, 5) is 4.92. The van der Waals surface area contributed by atoms with Crippen molar-refractivity contribution in [1.29, 1.82) is 0 Å². The Labute approximate surface area is 207 Å². The predicted octanol–water partition coefficient (Wildman–Crippen LogP) is 9.23. The topological polar surface area (TPSA) is 26.0 Å². The van der Waals surface area contributed by atoms with E-state index >= 15 is 0 Å². The Balaban J connectivity index is 1.54. The Morgan fingerprint density at radius 2 is 1.51 bits per heavy atom. The molecular weight excluding hydrogens is 426 g/mol. The lowest BCUT2D eigenvalue weighted by Crippen LogP contribution is -2.20. The molecule has 1 fully saturated rings. The standard InChI is InChI=1S/C33H31NO/c1-19(2)25-18-34-28(17-21(25)4)29-20(3)11-12-22-23-13-14-27-30(32(23)35-31(22)29)24-9-5-6-10-26(24)33(27)15-7-8-16-33/h5-6,9-14,17-19H,7-8,15-16H2,1-4H3. The van der Waals surface area contributed by atoms with E-state index in [9.17, 15) is 0 Å². The first kappa shape index (κ1) is 20.9. The van der Waals surface area contributed by atoms with Crippen molar-refractivity contribution in [3.05, 3.63) is 88.6 Å². The molecule has 0 radical (unpaired) electrons. The molecular formula is C33H31NO. The van der Waals surface area contributed by atoms with Gasteiger partial charge in [-0.3, -0.25) is 4.98 Å². The van der Waals surface area contributed by atoms with E-state index < -0.39 is 0 Å². The first-order chi connectivity index (χ1) is 17.0. The van der Waals surface area contributed by atoms with Gasteiger partial charge in [-0.05, 0) is 72.1 Å². The minimum absolute atomic E-state index is 0.156. The van der Waals surface area contributed by atoms with Crippen molar-refractivity contribution >= 4 is 21.9 Å². The predicted molar refractivity (Wildman–Crippen MR) is 145 cm³/mol. The number of pyridine rings is 1. The third-order valence-electron chi connectivity index (χ3n) is 8.73. The van der Waals surface area contributed by atoms with Crippen LogP contribution in [-0.4, -0.2) is 4.98 Å². The molecule has 2 heteroatoms. The van der Waals surface area contributed by atoms with E-state index in [0.29, 0.717) is 5.92 Å². The van der Waals surface area contributed by atoms with Crippen LogP contribution in [0, 0.1) is 13.8 Å². The van der Waals surface area contributed by atoms with Crippen LogP contribution in [0.25, 0.3) is 44.3 Å². The highest BCUT2D eigenvalue weighted by molar-refractivity contribution is 6.14. The average Bonchev–Trinajstić information content (AvgIpc) is 3.55. The fraction of sp³-hybridized carbons (Fsp3) is 0.303. The lowest BCUT2D eigenvalue weighted by Gasteiger charge is -2.26. The summed E-state index contributed by atoms with van der Waals surface area (Å²) in [5.74, 6) is 0.463. The van der Waals surface area contributed by atoms with Crippen LogP contribution in [0.3, 0.4) is 0 Å². The van der Waals surface area contributed by atoms with E-state index in [1.807, 2.05) is 6.20 Å². The highest BCUT2D eigenvalue weighted by Crippen LogP contribution is 2.59. The molecule has 2 aromatic heterocycles. The molecule has 5 aromatic rings. The van der Waals surface area contributed by atoms with Crippen molar-refractivity contribution in [2.45, 2.75) is 64.7 Å². The first-order valence-electron chi connectivity index (χ1n) is 13.1. The average molecular weight is 458 g/mol. The van der Waals surface area contributed by atoms with E-state index in [-0.39, 0.29) is 5.41 Å². The minimum atomic E-state index is 0.156. The van der Waals surface area contributed by atoms with Gasteiger partial charge in [0.1, 0.15) is 11.2 Å². The second-order valence-corrected chi connectivity index (χ2v) is 11.0. The summed E-state index contributed by atoms with van der Waals surface area (Å²) in [6.45, 7) is 8.82. The zero-order chi connectivity index (χ0) is 23.9. The molecule has 174 valence electrons. The smallest absolute Gasteiger partial charge is 0.145 e. The van der Waals surface area contributed by atoms with Gasteiger partial charge in [0.05, 0.1) is 5.69 Å². The van der Waals surface area contributed by atoms with Gasteiger partial charge in [-0.2, -0.15) is 0 Å². The van der Waals surface area contributed by atoms with E-state index in [0.717, 1.165) is 22.4 Å². The minimum Gasteiger partial charge on any atom is -0.455 e. The summed E-state index contributed by atoms with van der Waals surface area (Å²) in [7, 11) is 0. The molecule has 35 heavy (non-hydrogen) atoms. The number of hydrogen-bond acceptors (Lipinski definition) is 2. The van der Waals surface area contributed by atoms with Crippen molar-refractivity contribution in [1.82, 2.24) is 4.98 Å². The fourth-order valence-corrected chi connectivity index (χ4v) is 7.08. The van der Waals surface area contributed by atoms with Crippen molar-refractivity contribution in [3.63, 3.8) is 0 Å². The van der Waals surface area contributed by atoms with Gasteiger partial charge in [0, 0.05) is 33.5 Å². The molecule has 0 atom stereocenters. The van der Waals surface area contributed by atoms with Gasteiger partial charge < -0.3 is 4.42 Å². The fourth-order valence-electron chi connectivity index (χ4n) is 7.08. The molecule has 0 saturated heterocycles. The van der Waals surface area contributed by atoms with Crippen molar-refractivity contribution in [3.8, 4) is 22.4 Å². The van der Waals surface area contributed by atoms with E-state index in [1.165, 1.54) is 75.4 Å². The van der Waals surface area contributed by atoms with Crippen LogP contribution in [0.4, 0.5) is 0 Å². The Hall–Kier alpha value is -3.39. The van der Waals surface area contributed by atoms with Gasteiger partial charge in [-0.15, -0.1) is 0 Å². The number of aryl methyl sites for hydroxylation is 2. The molecule has 2 nitrogen and oxygen atoms in total. The second kappa shape index (κ2) is 7.31. The van der Waals surface area contributed by atoms with Crippen molar-refractivity contribution < 1.29 is 4.42 Å². The number of hydrogen-bond donors (Lipinski definition) is 0. The normalized spacial score (nSPS) is 16.0. The van der Waals surface area contributed by atoms with Crippen LogP contribution in [0.5, 0.6) is 0 Å². The SMILES string of the molecule is Cc1cc(-c2c(C)ccc3c2oc2c4c(ccc23)C2(CCCC2)c2ccccc2-4)ncc1C(C)C. The molecule has 2 aliphatic carbocycles. The highest BCUT2D eigenvalue weighted by Gasteiger charge is 2.46. The number of fused-ring (bicyclic) bond motifs is 9. The molecule has 3 aromatic carbocycles. The maximum absolute atomic E-state index is 6.90. The molecule has 0 aliphatic heterocycles. The van der Waals surface area contributed by atoms with E-state index in [4.69, 9.17) is 9.40 Å². The van der Waals surface area contributed by atoms with Crippen LogP contribution in [-0.2, 0) is 5.41 Å². The maximum atomic E-state index is 6.90. The number of aromatic nitrogens is 1. The van der Waals surface area contributed by atoms with Crippen LogP contribution < -0.4 is 0 Å². The highest BCUT2D eigenvalue weighted by atomic mass is 16.3. The lowest BCUT2D eigenvalue weighted by molar-refractivity contribution is 0.549. The number of furan rings is 1. The number of rotatable bonds is 2. The molecule has 0 unspecified atom stereocenters. The van der Waals surface area contributed by atoms with E-state index in [2.05, 4.69) is 82.3 Å². The third kappa shape index (κ3) is 2.74. The quantitative estimate of drug-likeness (QED) is 0.264. The largest absolute Gasteiger partial charge is 0.455 e. The monoisotopic (exact) mass is 457 g/mol. The number of nitrogens with zero attached hydrogens (tertiary/aromatic N) is 1. The van der Waals surface area contributed by atoms with Gasteiger partial charge in [0.15, 0.2) is 0 Å². The van der Waals surface area contributed by atoms with Gasteiger partial charge in [-0.1, -0.05) is 75.2 Å². The molecule has 2 heterocycles. The molecule has 0 N–H and O–H groups in total.